The maximum atomic E-state index is 2.67. The molecular weight excluding hydrogens is 641 g/mol. The molecule has 7 aromatic rings. The van der Waals surface area contributed by atoms with Crippen molar-refractivity contribution in [2.45, 2.75) is 70.6 Å². The topological polar surface area (TPSA) is 8.17 Å². The van der Waals surface area contributed by atoms with Crippen molar-refractivity contribution in [1.29, 1.82) is 0 Å². The van der Waals surface area contributed by atoms with E-state index < -0.39 is 0 Å². The monoisotopic (exact) mass is 684 g/mol. The second-order valence-corrected chi connectivity index (χ2v) is 17.3. The number of rotatable bonds is 4. The average molecular weight is 685 g/mol. The molecule has 0 saturated carbocycles. The molecule has 2 heteroatoms. The molecule has 0 unspecified atom stereocenters. The molecule has 1 aromatic heterocycles. The first kappa shape index (κ1) is 31.0. The summed E-state index contributed by atoms with van der Waals surface area (Å²) in [6, 6.07) is 47.9. The van der Waals surface area contributed by atoms with Gasteiger partial charge in [0, 0.05) is 43.9 Å². The highest BCUT2D eigenvalue weighted by Gasteiger charge is 2.43. The van der Waals surface area contributed by atoms with Gasteiger partial charge in [-0.1, -0.05) is 120 Å². The summed E-state index contributed by atoms with van der Waals surface area (Å²) in [5.41, 5.74) is 20.1. The predicted molar refractivity (Wildman–Crippen MR) is 222 cm³/mol. The van der Waals surface area contributed by atoms with Crippen molar-refractivity contribution in [3.8, 4) is 27.9 Å². The van der Waals surface area contributed by atoms with Crippen molar-refractivity contribution in [3.63, 3.8) is 0 Å². The second-order valence-electron chi connectivity index (χ2n) is 17.3. The zero-order valence-electron chi connectivity index (χ0n) is 31.5. The largest absolute Gasteiger partial charge is 0.310 e. The summed E-state index contributed by atoms with van der Waals surface area (Å²) in [5, 5.41) is 4.32. The van der Waals surface area contributed by atoms with Crippen LogP contribution in [-0.4, -0.2) is 4.57 Å². The van der Waals surface area contributed by atoms with Gasteiger partial charge in [-0.3, -0.25) is 0 Å². The molecule has 258 valence electrons. The van der Waals surface area contributed by atoms with Crippen LogP contribution in [0, 0.1) is 0 Å². The van der Waals surface area contributed by atoms with E-state index >= 15 is 0 Å². The fraction of sp³-hybridized carbons (Fsp3) is 0.216. The number of hydrogen-bond acceptors (Lipinski definition) is 1. The van der Waals surface area contributed by atoms with Gasteiger partial charge in [0.2, 0.25) is 0 Å². The summed E-state index contributed by atoms with van der Waals surface area (Å²) in [4.78, 5) is 2.37. The Morgan fingerprint density at radius 3 is 1.81 bits per heavy atom. The van der Waals surface area contributed by atoms with E-state index in [1.165, 1.54) is 82.9 Å². The van der Waals surface area contributed by atoms with Crippen molar-refractivity contribution >= 4 is 39.6 Å². The minimum atomic E-state index is -0.160. The standard InChI is InChI=1S/C51H44N2/c1-49(2)40-20-13-19-38-39-27-32(29-45-47(39)53(46(38)40)48-41(49)21-14-22-42(48)50(45,3)4)31-23-25-36-37-26-24-35(30-44(37)51(5,6)43(36)28-31)52(33-15-9-7-10-16-33)34-17-11-8-12-18-34/h7-12,14-19,21-30H,13,20H2,1-6H3. The van der Waals surface area contributed by atoms with Crippen molar-refractivity contribution in [2.75, 3.05) is 4.90 Å². The van der Waals surface area contributed by atoms with Gasteiger partial charge in [0.15, 0.2) is 0 Å². The first-order chi connectivity index (χ1) is 25.6. The zero-order valence-corrected chi connectivity index (χ0v) is 31.5. The number of para-hydroxylation sites is 3. The highest BCUT2D eigenvalue weighted by Crippen LogP contribution is 2.54. The molecule has 53 heavy (non-hydrogen) atoms. The van der Waals surface area contributed by atoms with E-state index in [1.54, 1.807) is 5.57 Å². The summed E-state index contributed by atoms with van der Waals surface area (Å²) in [5.74, 6) is 0. The van der Waals surface area contributed by atoms with Gasteiger partial charge in [-0.2, -0.15) is 0 Å². The molecule has 0 spiro atoms. The third-order valence-corrected chi connectivity index (χ3v) is 13.4. The molecule has 0 bridgehead atoms. The third-order valence-electron chi connectivity index (χ3n) is 13.4. The van der Waals surface area contributed by atoms with Crippen LogP contribution in [0.1, 0.15) is 82.2 Å². The molecule has 4 aliphatic rings. The van der Waals surface area contributed by atoms with Crippen LogP contribution in [0.3, 0.4) is 0 Å². The van der Waals surface area contributed by atoms with Gasteiger partial charge in [0.1, 0.15) is 0 Å². The summed E-state index contributed by atoms with van der Waals surface area (Å²) in [6.07, 6.45) is 4.76. The van der Waals surface area contributed by atoms with Gasteiger partial charge in [-0.05, 0) is 123 Å². The Morgan fingerprint density at radius 1 is 0.509 bits per heavy atom. The Bertz CT molecular complexity index is 2810. The van der Waals surface area contributed by atoms with Crippen LogP contribution < -0.4 is 15.5 Å². The minimum Gasteiger partial charge on any atom is -0.310 e. The summed E-state index contributed by atoms with van der Waals surface area (Å²) >= 11 is 0. The van der Waals surface area contributed by atoms with Gasteiger partial charge in [0.25, 0.3) is 0 Å². The van der Waals surface area contributed by atoms with Crippen molar-refractivity contribution < 1.29 is 0 Å². The Balaban J connectivity index is 1.09. The molecule has 0 atom stereocenters. The Morgan fingerprint density at radius 2 is 1.11 bits per heavy atom. The van der Waals surface area contributed by atoms with Gasteiger partial charge >= 0.3 is 0 Å². The molecule has 0 amide bonds. The van der Waals surface area contributed by atoms with E-state index in [2.05, 4.69) is 184 Å². The number of nitrogens with zero attached hydrogens (tertiary/aromatic N) is 2. The van der Waals surface area contributed by atoms with E-state index in [1.807, 2.05) is 0 Å². The van der Waals surface area contributed by atoms with E-state index in [0.29, 0.717) is 0 Å². The maximum absolute atomic E-state index is 2.67. The first-order valence-electron chi connectivity index (χ1n) is 19.3. The molecule has 6 aromatic carbocycles. The first-order valence-corrected chi connectivity index (χ1v) is 19.3. The van der Waals surface area contributed by atoms with E-state index in [9.17, 15) is 0 Å². The molecule has 2 aliphatic heterocycles. The maximum Gasteiger partial charge on any atom is 0.0582 e. The Kier molecular flexibility index (Phi) is 6.01. The quantitative estimate of drug-likeness (QED) is 0.179. The van der Waals surface area contributed by atoms with Gasteiger partial charge in [-0.15, -0.1) is 0 Å². The molecule has 0 saturated heterocycles. The van der Waals surface area contributed by atoms with Crippen molar-refractivity contribution in [2.24, 2.45) is 0 Å². The summed E-state index contributed by atoms with van der Waals surface area (Å²) < 4.78 is 2.67. The van der Waals surface area contributed by atoms with Crippen LogP contribution in [0.15, 0.2) is 127 Å². The number of aromatic nitrogens is 1. The average Bonchev–Trinajstić information content (AvgIpc) is 3.62. The van der Waals surface area contributed by atoms with Crippen molar-refractivity contribution in [3.05, 3.63) is 166 Å². The zero-order chi connectivity index (χ0) is 36.0. The van der Waals surface area contributed by atoms with Crippen LogP contribution in [0.2, 0.25) is 0 Å². The molecule has 0 fully saturated rings. The fourth-order valence-corrected chi connectivity index (χ4v) is 10.6. The molecular formula is C51H44N2. The van der Waals surface area contributed by atoms with Crippen molar-refractivity contribution in [1.82, 2.24) is 4.57 Å². The normalized spacial score (nSPS) is 17.3. The molecule has 2 aliphatic carbocycles. The van der Waals surface area contributed by atoms with Gasteiger partial charge in [-0.25, -0.2) is 0 Å². The second kappa shape index (κ2) is 10.3. The molecule has 0 N–H and O–H groups in total. The summed E-state index contributed by atoms with van der Waals surface area (Å²) in [6.45, 7) is 14.6. The van der Waals surface area contributed by atoms with E-state index in [0.717, 1.165) is 24.2 Å². The van der Waals surface area contributed by atoms with Crippen LogP contribution >= 0.6 is 0 Å². The van der Waals surface area contributed by atoms with Crippen LogP contribution in [0.25, 0.3) is 50.5 Å². The molecule has 2 nitrogen and oxygen atoms in total. The Labute approximate surface area is 312 Å². The molecule has 3 heterocycles. The number of fused-ring (bicyclic) bond motifs is 4. The number of hydrogen-bond donors (Lipinski definition) is 0. The predicted octanol–water partition coefficient (Wildman–Crippen LogP) is 11.7. The van der Waals surface area contributed by atoms with Gasteiger partial charge < -0.3 is 9.47 Å². The van der Waals surface area contributed by atoms with E-state index in [4.69, 9.17) is 0 Å². The van der Waals surface area contributed by atoms with Gasteiger partial charge in [0.05, 0.1) is 16.6 Å². The highest BCUT2D eigenvalue weighted by molar-refractivity contribution is 5.97. The van der Waals surface area contributed by atoms with Crippen LogP contribution in [0.5, 0.6) is 0 Å². The lowest BCUT2D eigenvalue weighted by Gasteiger charge is -2.42. The highest BCUT2D eigenvalue weighted by atomic mass is 15.1. The lowest BCUT2D eigenvalue weighted by Crippen LogP contribution is -2.45. The number of benzene rings is 6. The van der Waals surface area contributed by atoms with Crippen LogP contribution in [-0.2, 0) is 16.2 Å². The lowest BCUT2D eigenvalue weighted by molar-refractivity contribution is 0.591. The summed E-state index contributed by atoms with van der Waals surface area (Å²) in [7, 11) is 0. The smallest absolute Gasteiger partial charge is 0.0582 e. The molecule has 0 radical (unpaired) electrons. The fourth-order valence-electron chi connectivity index (χ4n) is 10.6. The number of anilines is 3. The minimum absolute atomic E-state index is 0.00873. The van der Waals surface area contributed by atoms with Crippen LogP contribution in [0.4, 0.5) is 17.1 Å². The van der Waals surface area contributed by atoms with E-state index in [-0.39, 0.29) is 16.2 Å². The SMILES string of the molecule is CC1(C)C2=c3c(c4cc(-c5ccc6c(c5)C(C)(C)c5cc(N(c7ccccc7)c7ccccc7)ccc5-6)cc5c4n3-c3c1cccc3C5(C)C)=CCC2. The lowest BCUT2D eigenvalue weighted by atomic mass is 9.67. The third kappa shape index (κ3) is 3.94. The molecule has 11 rings (SSSR count). The Hall–Kier alpha value is -5.60.